The molecule has 2 aromatic rings. The third kappa shape index (κ3) is 5.95. The number of carbonyl (C=O) groups excluding carboxylic acids is 1. The number of rotatable bonds is 9. The molecule has 1 amide bonds. The summed E-state index contributed by atoms with van der Waals surface area (Å²) < 4.78 is 43.7. The van der Waals surface area contributed by atoms with Crippen molar-refractivity contribution in [2.24, 2.45) is 0 Å². The second-order valence-electron chi connectivity index (χ2n) is 6.46. The smallest absolute Gasteiger partial charge is 0.243 e. The summed E-state index contributed by atoms with van der Waals surface area (Å²) in [6, 6.07) is 11.8. The molecule has 6 nitrogen and oxygen atoms in total. The average molecular weight is 408 g/mol. The SMILES string of the molecule is COc1cccc(N([C@@H](C)C(=O)NCCCc2ccc(F)cc2)S(C)(=O)=O)c1. The van der Waals surface area contributed by atoms with Gasteiger partial charge in [-0.2, -0.15) is 0 Å². The molecule has 2 rings (SSSR count). The van der Waals surface area contributed by atoms with E-state index in [0.717, 1.165) is 16.1 Å². The lowest BCUT2D eigenvalue weighted by Gasteiger charge is -2.28. The summed E-state index contributed by atoms with van der Waals surface area (Å²) >= 11 is 0. The van der Waals surface area contributed by atoms with Crippen LogP contribution in [0.4, 0.5) is 10.1 Å². The van der Waals surface area contributed by atoms with Gasteiger partial charge in [0.25, 0.3) is 0 Å². The first kappa shape index (κ1) is 21.7. The minimum atomic E-state index is -3.68. The topological polar surface area (TPSA) is 75.7 Å². The van der Waals surface area contributed by atoms with Gasteiger partial charge in [-0.05, 0) is 49.6 Å². The molecule has 0 aromatic heterocycles. The zero-order chi connectivity index (χ0) is 20.7. The monoisotopic (exact) mass is 408 g/mol. The fourth-order valence-electron chi connectivity index (χ4n) is 2.86. The number of ether oxygens (including phenoxy) is 1. The second-order valence-corrected chi connectivity index (χ2v) is 8.32. The Kier molecular flexibility index (Phi) is 7.39. The lowest BCUT2D eigenvalue weighted by molar-refractivity contribution is -0.121. The van der Waals surface area contributed by atoms with E-state index in [0.29, 0.717) is 30.8 Å². The number of benzene rings is 2. The van der Waals surface area contributed by atoms with Crippen LogP contribution in [0.15, 0.2) is 48.5 Å². The molecule has 0 heterocycles. The van der Waals surface area contributed by atoms with E-state index < -0.39 is 22.0 Å². The summed E-state index contributed by atoms with van der Waals surface area (Å²) in [4.78, 5) is 12.5. The number of amides is 1. The Morgan fingerprint density at radius 3 is 2.50 bits per heavy atom. The van der Waals surface area contributed by atoms with E-state index in [9.17, 15) is 17.6 Å². The van der Waals surface area contributed by atoms with Crippen LogP contribution in [0.3, 0.4) is 0 Å². The van der Waals surface area contributed by atoms with Crippen molar-refractivity contribution in [3.63, 3.8) is 0 Å². The van der Waals surface area contributed by atoms with Gasteiger partial charge in [-0.15, -0.1) is 0 Å². The summed E-state index contributed by atoms with van der Waals surface area (Å²) in [5.74, 6) is -0.185. The van der Waals surface area contributed by atoms with Gasteiger partial charge in [0.1, 0.15) is 17.6 Å². The third-order valence-electron chi connectivity index (χ3n) is 4.25. The van der Waals surface area contributed by atoms with Gasteiger partial charge in [0.15, 0.2) is 0 Å². The van der Waals surface area contributed by atoms with Crippen LogP contribution in [0.25, 0.3) is 0 Å². The Morgan fingerprint density at radius 2 is 1.89 bits per heavy atom. The summed E-state index contributed by atoms with van der Waals surface area (Å²) in [6.45, 7) is 1.92. The average Bonchev–Trinajstić information content (AvgIpc) is 2.65. The highest BCUT2D eigenvalue weighted by atomic mass is 32.2. The van der Waals surface area contributed by atoms with E-state index in [-0.39, 0.29) is 5.82 Å². The van der Waals surface area contributed by atoms with Gasteiger partial charge in [-0.1, -0.05) is 18.2 Å². The van der Waals surface area contributed by atoms with Gasteiger partial charge >= 0.3 is 0 Å². The number of methoxy groups -OCH3 is 1. The first-order valence-corrected chi connectivity index (χ1v) is 10.7. The number of sulfonamides is 1. The Balaban J connectivity index is 2.00. The molecule has 152 valence electrons. The van der Waals surface area contributed by atoms with Crippen LogP contribution in [0.5, 0.6) is 5.75 Å². The maximum absolute atomic E-state index is 12.9. The minimum Gasteiger partial charge on any atom is -0.497 e. The highest BCUT2D eigenvalue weighted by Crippen LogP contribution is 2.25. The second kappa shape index (κ2) is 9.54. The molecule has 0 aliphatic rings. The van der Waals surface area contributed by atoms with Crippen LogP contribution >= 0.6 is 0 Å². The molecular formula is C20H25FN2O4S. The highest BCUT2D eigenvalue weighted by molar-refractivity contribution is 7.92. The molecule has 8 heteroatoms. The van der Waals surface area contributed by atoms with Crippen LogP contribution in [0.1, 0.15) is 18.9 Å². The number of nitrogens with one attached hydrogen (secondary N) is 1. The molecule has 0 radical (unpaired) electrons. The molecule has 0 aliphatic carbocycles. The number of hydrogen-bond donors (Lipinski definition) is 1. The lowest BCUT2D eigenvalue weighted by atomic mass is 10.1. The summed E-state index contributed by atoms with van der Waals surface area (Å²) in [5, 5.41) is 2.76. The van der Waals surface area contributed by atoms with Crippen LogP contribution in [0.2, 0.25) is 0 Å². The standard InChI is InChI=1S/C20H25FN2O4S/c1-15(20(24)22-13-5-6-16-9-11-17(21)12-10-16)23(28(3,25)26)18-7-4-8-19(14-18)27-2/h4,7-12,14-15H,5-6,13H2,1-3H3,(H,22,24)/t15-/m0/s1. The van der Waals surface area contributed by atoms with E-state index in [1.807, 2.05) is 0 Å². The Hall–Kier alpha value is -2.61. The highest BCUT2D eigenvalue weighted by Gasteiger charge is 2.29. The molecule has 28 heavy (non-hydrogen) atoms. The first-order chi connectivity index (χ1) is 13.2. The molecule has 0 fully saturated rings. The van der Waals surface area contributed by atoms with Crippen molar-refractivity contribution in [1.29, 1.82) is 0 Å². The molecule has 0 bridgehead atoms. The summed E-state index contributed by atoms with van der Waals surface area (Å²) in [6.07, 6.45) is 2.40. The Labute approximate surface area is 165 Å². The number of hydrogen-bond acceptors (Lipinski definition) is 4. The summed E-state index contributed by atoms with van der Waals surface area (Å²) in [5.41, 5.74) is 1.33. The molecule has 0 aliphatic heterocycles. The third-order valence-corrected chi connectivity index (χ3v) is 5.49. The zero-order valence-electron chi connectivity index (χ0n) is 16.2. The predicted molar refractivity (Wildman–Crippen MR) is 108 cm³/mol. The van der Waals surface area contributed by atoms with Crippen LogP contribution in [-0.4, -0.2) is 40.3 Å². The van der Waals surface area contributed by atoms with Crippen LogP contribution in [-0.2, 0) is 21.2 Å². The van der Waals surface area contributed by atoms with Crippen LogP contribution in [0, 0.1) is 5.82 Å². The van der Waals surface area contributed by atoms with Crippen molar-refractivity contribution in [3.8, 4) is 5.75 Å². The maximum Gasteiger partial charge on any atom is 0.243 e. The number of aryl methyl sites for hydroxylation is 1. The number of carbonyl (C=O) groups is 1. The van der Waals surface area contributed by atoms with Crippen molar-refractivity contribution in [2.75, 3.05) is 24.2 Å². The van der Waals surface area contributed by atoms with Crippen molar-refractivity contribution < 1.29 is 22.3 Å². The lowest BCUT2D eigenvalue weighted by Crippen LogP contribution is -2.48. The minimum absolute atomic E-state index is 0.288. The fraction of sp³-hybridized carbons (Fsp3) is 0.350. The quantitative estimate of drug-likeness (QED) is 0.648. The van der Waals surface area contributed by atoms with E-state index in [1.54, 1.807) is 36.4 Å². The van der Waals surface area contributed by atoms with Gasteiger partial charge in [-0.3, -0.25) is 9.10 Å². The molecule has 2 aromatic carbocycles. The largest absolute Gasteiger partial charge is 0.497 e. The molecular weight excluding hydrogens is 383 g/mol. The van der Waals surface area contributed by atoms with Gasteiger partial charge < -0.3 is 10.1 Å². The zero-order valence-corrected chi connectivity index (χ0v) is 17.0. The van der Waals surface area contributed by atoms with Crippen molar-refractivity contribution in [2.45, 2.75) is 25.8 Å². The van der Waals surface area contributed by atoms with E-state index in [2.05, 4.69) is 5.32 Å². The molecule has 0 spiro atoms. The number of nitrogens with zero attached hydrogens (tertiary/aromatic N) is 1. The molecule has 1 atom stereocenters. The Morgan fingerprint density at radius 1 is 1.21 bits per heavy atom. The van der Waals surface area contributed by atoms with Gasteiger partial charge in [0, 0.05) is 12.6 Å². The normalized spacial score (nSPS) is 12.3. The van der Waals surface area contributed by atoms with Gasteiger partial charge in [0.2, 0.25) is 15.9 Å². The molecule has 1 N–H and O–H groups in total. The van der Waals surface area contributed by atoms with Gasteiger partial charge in [-0.25, -0.2) is 12.8 Å². The molecule has 0 saturated carbocycles. The van der Waals surface area contributed by atoms with E-state index in [1.165, 1.54) is 26.2 Å². The van der Waals surface area contributed by atoms with E-state index in [4.69, 9.17) is 4.74 Å². The van der Waals surface area contributed by atoms with Crippen molar-refractivity contribution >= 4 is 21.6 Å². The first-order valence-electron chi connectivity index (χ1n) is 8.88. The fourth-order valence-corrected chi connectivity index (χ4v) is 4.03. The maximum atomic E-state index is 12.9. The van der Waals surface area contributed by atoms with Crippen molar-refractivity contribution in [3.05, 3.63) is 59.9 Å². The van der Waals surface area contributed by atoms with Crippen molar-refractivity contribution in [1.82, 2.24) is 5.32 Å². The van der Waals surface area contributed by atoms with Gasteiger partial charge in [0.05, 0.1) is 19.1 Å². The molecule has 0 unspecified atom stereocenters. The molecule has 0 saturated heterocycles. The predicted octanol–water partition coefficient (Wildman–Crippen LogP) is 2.74. The summed E-state index contributed by atoms with van der Waals surface area (Å²) in [7, 11) is -2.20. The number of anilines is 1. The Bertz CT molecular complexity index is 901. The number of halogens is 1. The van der Waals surface area contributed by atoms with Crippen LogP contribution < -0.4 is 14.4 Å². The van der Waals surface area contributed by atoms with E-state index >= 15 is 0 Å².